The highest BCUT2D eigenvalue weighted by molar-refractivity contribution is 7.15. The molecule has 1 fully saturated rings. The number of rotatable bonds is 4. The maximum absolute atomic E-state index is 12.1. The highest BCUT2D eigenvalue weighted by Crippen LogP contribution is 2.37. The van der Waals surface area contributed by atoms with Gasteiger partial charge in [-0.15, -0.1) is 11.3 Å². The molecule has 1 unspecified atom stereocenters. The summed E-state index contributed by atoms with van der Waals surface area (Å²) in [6.45, 7) is 4.44. The van der Waals surface area contributed by atoms with E-state index in [1.165, 1.54) is 24.1 Å². The molecule has 1 aromatic rings. The topological polar surface area (TPSA) is 54.5 Å². The summed E-state index contributed by atoms with van der Waals surface area (Å²) in [6.07, 6.45) is 6.73. The van der Waals surface area contributed by atoms with E-state index in [9.17, 15) is 4.79 Å². The molecule has 2 aliphatic rings. The SMILES string of the molecule is CCOC(=O)C1CCCc2sc(NN3CCCCC3)nc21. The second kappa shape index (κ2) is 6.75. The minimum Gasteiger partial charge on any atom is -0.465 e. The van der Waals surface area contributed by atoms with E-state index in [-0.39, 0.29) is 11.9 Å². The van der Waals surface area contributed by atoms with Crippen LogP contribution in [0, 0.1) is 0 Å². The van der Waals surface area contributed by atoms with Gasteiger partial charge in [-0.3, -0.25) is 10.2 Å². The molecule has 1 aliphatic carbocycles. The van der Waals surface area contributed by atoms with Crippen LogP contribution in [0.5, 0.6) is 0 Å². The van der Waals surface area contributed by atoms with E-state index in [1.54, 1.807) is 11.3 Å². The van der Waals surface area contributed by atoms with Gasteiger partial charge in [-0.2, -0.15) is 0 Å². The number of anilines is 1. The summed E-state index contributed by atoms with van der Waals surface area (Å²) in [4.78, 5) is 18.0. The molecule has 0 radical (unpaired) electrons. The second-order valence-corrected chi connectivity index (χ2v) is 6.77. The van der Waals surface area contributed by atoms with Crippen LogP contribution in [0.3, 0.4) is 0 Å². The number of hydrazine groups is 1. The Kier molecular flexibility index (Phi) is 4.75. The van der Waals surface area contributed by atoms with E-state index in [0.29, 0.717) is 6.61 Å². The van der Waals surface area contributed by atoms with Crippen molar-refractivity contribution in [1.82, 2.24) is 9.99 Å². The first-order valence-electron chi connectivity index (χ1n) is 7.95. The molecule has 3 rings (SSSR count). The predicted molar refractivity (Wildman–Crippen MR) is 83.5 cm³/mol. The quantitative estimate of drug-likeness (QED) is 0.867. The second-order valence-electron chi connectivity index (χ2n) is 5.68. The van der Waals surface area contributed by atoms with Gasteiger partial charge in [-0.05, 0) is 39.0 Å². The maximum atomic E-state index is 12.1. The Labute approximate surface area is 129 Å². The number of carbonyl (C=O) groups is 1. The van der Waals surface area contributed by atoms with E-state index in [2.05, 4.69) is 10.4 Å². The Bertz CT molecular complexity index is 497. The van der Waals surface area contributed by atoms with E-state index in [4.69, 9.17) is 9.72 Å². The molecule has 1 aromatic heterocycles. The molecule has 0 bridgehead atoms. The standard InChI is InChI=1S/C15H23N3O2S/c1-2-20-14(19)11-7-6-8-12-13(11)16-15(21-12)17-18-9-4-3-5-10-18/h11H,2-10H2,1H3,(H,16,17). The number of thiazole rings is 1. The first kappa shape index (κ1) is 14.8. The molecule has 1 atom stereocenters. The summed E-state index contributed by atoms with van der Waals surface area (Å²) >= 11 is 1.70. The number of nitrogens with zero attached hydrogens (tertiary/aromatic N) is 2. The third-order valence-corrected chi connectivity index (χ3v) is 5.17. The number of esters is 1. The Hall–Kier alpha value is -1.14. The lowest BCUT2D eigenvalue weighted by Crippen LogP contribution is -2.34. The molecule has 116 valence electrons. The molecule has 1 N–H and O–H groups in total. The molecule has 6 heteroatoms. The number of carbonyl (C=O) groups excluding carboxylic acids is 1. The first-order valence-corrected chi connectivity index (χ1v) is 8.77. The summed E-state index contributed by atoms with van der Waals surface area (Å²) in [5, 5.41) is 3.17. The number of fused-ring (bicyclic) bond motifs is 1. The smallest absolute Gasteiger partial charge is 0.315 e. The molecule has 0 aromatic carbocycles. The van der Waals surface area contributed by atoms with Crippen molar-refractivity contribution in [2.75, 3.05) is 25.1 Å². The van der Waals surface area contributed by atoms with Gasteiger partial charge >= 0.3 is 5.97 Å². The van der Waals surface area contributed by atoms with E-state index in [0.717, 1.165) is 43.2 Å². The summed E-state index contributed by atoms with van der Waals surface area (Å²) in [6, 6.07) is 0. The lowest BCUT2D eigenvalue weighted by Gasteiger charge is -2.26. The van der Waals surface area contributed by atoms with Gasteiger partial charge in [0.05, 0.1) is 12.3 Å². The summed E-state index contributed by atoms with van der Waals surface area (Å²) in [5.74, 6) is -0.282. The monoisotopic (exact) mass is 309 g/mol. The average molecular weight is 309 g/mol. The molecule has 0 spiro atoms. The van der Waals surface area contributed by atoms with E-state index in [1.807, 2.05) is 6.92 Å². The fourth-order valence-electron chi connectivity index (χ4n) is 3.08. The van der Waals surface area contributed by atoms with Crippen molar-refractivity contribution in [2.45, 2.75) is 51.4 Å². The third-order valence-electron chi connectivity index (χ3n) is 4.14. The lowest BCUT2D eigenvalue weighted by atomic mass is 9.91. The average Bonchev–Trinajstić information content (AvgIpc) is 2.90. The van der Waals surface area contributed by atoms with Crippen LogP contribution >= 0.6 is 11.3 Å². The lowest BCUT2D eigenvalue weighted by molar-refractivity contribution is -0.145. The molecule has 5 nitrogen and oxygen atoms in total. The van der Waals surface area contributed by atoms with Crippen LogP contribution in [-0.4, -0.2) is 35.7 Å². The number of hydrogen-bond donors (Lipinski definition) is 1. The molecule has 2 heterocycles. The minimum absolute atomic E-state index is 0.117. The zero-order valence-electron chi connectivity index (χ0n) is 12.6. The van der Waals surface area contributed by atoms with Gasteiger partial charge in [-0.1, -0.05) is 6.42 Å². The van der Waals surface area contributed by atoms with Crippen LogP contribution in [0.15, 0.2) is 0 Å². The minimum atomic E-state index is -0.165. The van der Waals surface area contributed by atoms with Crippen molar-refractivity contribution in [3.05, 3.63) is 10.6 Å². The van der Waals surface area contributed by atoms with Gasteiger partial charge in [0.15, 0.2) is 5.13 Å². The maximum Gasteiger partial charge on any atom is 0.315 e. The van der Waals surface area contributed by atoms with E-state index >= 15 is 0 Å². The Morgan fingerprint density at radius 3 is 2.95 bits per heavy atom. The number of aryl methyl sites for hydroxylation is 1. The van der Waals surface area contributed by atoms with Crippen molar-refractivity contribution in [2.24, 2.45) is 0 Å². The highest BCUT2D eigenvalue weighted by Gasteiger charge is 2.31. The molecule has 0 amide bonds. The van der Waals surface area contributed by atoms with Crippen LogP contribution < -0.4 is 5.43 Å². The molecule has 21 heavy (non-hydrogen) atoms. The van der Waals surface area contributed by atoms with Gasteiger partial charge in [0.2, 0.25) is 0 Å². The number of aromatic nitrogens is 1. The first-order chi connectivity index (χ1) is 10.3. The van der Waals surface area contributed by atoms with Crippen LogP contribution in [-0.2, 0) is 16.0 Å². The fraction of sp³-hybridized carbons (Fsp3) is 0.733. The van der Waals surface area contributed by atoms with Gasteiger partial charge in [0.1, 0.15) is 5.92 Å². The number of ether oxygens (including phenoxy) is 1. The Balaban J connectivity index is 1.72. The molecular formula is C15H23N3O2S. The number of hydrogen-bond acceptors (Lipinski definition) is 6. The molecule has 1 aliphatic heterocycles. The summed E-state index contributed by atoms with van der Waals surface area (Å²) < 4.78 is 5.19. The third kappa shape index (κ3) is 3.37. The molecule has 0 saturated carbocycles. The fourth-order valence-corrected chi connectivity index (χ4v) is 4.17. The van der Waals surface area contributed by atoms with Gasteiger partial charge in [0, 0.05) is 18.0 Å². The zero-order valence-corrected chi connectivity index (χ0v) is 13.4. The molecule has 1 saturated heterocycles. The number of nitrogens with one attached hydrogen (secondary N) is 1. The predicted octanol–water partition coefficient (Wildman–Crippen LogP) is 2.94. The van der Waals surface area contributed by atoms with Gasteiger partial charge < -0.3 is 4.74 Å². The van der Waals surface area contributed by atoms with Crippen molar-refractivity contribution >= 4 is 22.4 Å². The normalized spacial score (nSPS) is 22.6. The largest absolute Gasteiger partial charge is 0.465 e. The summed E-state index contributed by atoms with van der Waals surface area (Å²) in [5.41, 5.74) is 4.37. The Morgan fingerprint density at radius 2 is 2.19 bits per heavy atom. The number of piperidine rings is 1. The Morgan fingerprint density at radius 1 is 1.38 bits per heavy atom. The van der Waals surface area contributed by atoms with Crippen LogP contribution in [0.1, 0.15) is 55.5 Å². The summed E-state index contributed by atoms with van der Waals surface area (Å²) in [7, 11) is 0. The van der Waals surface area contributed by atoms with Crippen molar-refractivity contribution in [3.8, 4) is 0 Å². The highest BCUT2D eigenvalue weighted by atomic mass is 32.1. The van der Waals surface area contributed by atoms with Crippen LogP contribution in [0.25, 0.3) is 0 Å². The van der Waals surface area contributed by atoms with E-state index < -0.39 is 0 Å². The van der Waals surface area contributed by atoms with Crippen molar-refractivity contribution in [3.63, 3.8) is 0 Å². The molecular weight excluding hydrogens is 286 g/mol. The van der Waals surface area contributed by atoms with Gasteiger partial charge in [0.25, 0.3) is 0 Å². The van der Waals surface area contributed by atoms with Crippen molar-refractivity contribution in [1.29, 1.82) is 0 Å². The van der Waals surface area contributed by atoms with Crippen LogP contribution in [0.2, 0.25) is 0 Å². The zero-order chi connectivity index (χ0) is 14.7. The van der Waals surface area contributed by atoms with Gasteiger partial charge in [-0.25, -0.2) is 9.99 Å². The van der Waals surface area contributed by atoms with Crippen LogP contribution in [0.4, 0.5) is 5.13 Å². The van der Waals surface area contributed by atoms with Crippen molar-refractivity contribution < 1.29 is 9.53 Å².